The minimum absolute atomic E-state index is 0.303. The third-order valence-corrected chi connectivity index (χ3v) is 13.1. The van der Waals surface area contributed by atoms with Crippen molar-refractivity contribution >= 4 is 54.9 Å². The Balaban J connectivity index is 0.938. The van der Waals surface area contributed by atoms with E-state index in [4.69, 9.17) is 0 Å². The molecule has 2 heteroatoms. The monoisotopic (exact) mass is 792 g/mol. The smallest absolute Gasteiger partial charge is 0.0541 e. The predicted octanol–water partition coefficient (Wildman–Crippen LogP) is 16.2. The van der Waals surface area contributed by atoms with Gasteiger partial charge in [-0.05, 0) is 130 Å². The van der Waals surface area contributed by atoms with Crippen LogP contribution >= 0.6 is 0 Å². The third kappa shape index (κ3) is 6.26. The summed E-state index contributed by atoms with van der Waals surface area (Å²) in [5.41, 5.74) is 18.7. The molecule has 2 aliphatic carbocycles. The summed E-state index contributed by atoms with van der Waals surface area (Å²) in [6.07, 6.45) is 17.0. The fraction of sp³-hybridized carbons (Fsp3) is 0.0667. The van der Waals surface area contributed by atoms with E-state index in [9.17, 15) is 0 Å². The first-order valence-corrected chi connectivity index (χ1v) is 21.9. The van der Waals surface area contributed by atoms with Crippen molar-refractivity contribution in [2.24, 2.45) is 0 Å². The van der Waals surface area contributed by atoms with E-state index in [2.05, 4.69) is 234 Å². The zero-order chi connectivity index (χ0) is 41.0. The van der Waals surface area contributed by atoms with E-state index in [1.165, 1.54) is 105 Å². The Morgan fingerprint density at radius 3 is 1.61 bits per heavy atom. The van der Waals surface area contributed by atoms with E-state index in [1.54, 1.807) is 0 Å². The molecule has 0 bridgehead atoms. The lowest BCUT2D eigenvalue weighted by molar-refractivity contribution is 0.837. The van der Waals surface area contributed by atoms with Crippen LogP contribution < -0.4 is 0 Å². The van der Waals surface area contributed by atoms with E-state index < -0.39 is 0 Å². The summed E-state index contributed by atoms with van der Waals surface area (Å²) in [5, 5.41) is 5.06. The van der Waals surface area contributed by atoms with Gasteiger partial charge in [0, 0.05) is 38.8 Å². The third-order valence-electron chi connectivity index (χ3n) is 13.1. The number of fused-ring (bicyclic) bond motifs is 6. The number of para-hydroxylation sites is 2. The van der Waals surface area contributed by atoms with Gasteiger partial charge < -0.3 is 9.13 Å². The summed E-state index contributed by atoms with van der Waals surface area (Å²) < 4.78 is 4.96. The molecule has 2 aliphatic rings. The maximum Gasteiger partial charge on any atom is 0.0541 e. The number of nitrogens with zero attached hydrogens (tertiary/aromatic N) is 2. The number of benzene rings is 8. The minimum Gasteiger partial charge on any atom is -0.313 e. The second kappa shape index (κ2) is 15.1. The van der Waals surface area contributed by atoms with E-state index in [1.807, 2.05) is 0 Å². The normalized spacial score (nSPS) is 15.1. The second-order valence-electron chi connectivity index (χ2n) is 16.8. The average Bonchev–Trinajstić information content (AvgIpc) is 3.87. The van der Waals surface area contributed by atoms with Crippen molar-refractivity contribution < 1.29 is 0 Å². The Hall–Kier alpha value is -7.68. The number of hydrogen-bond donors (Lipinski definition) is 0. The SMILES string of the molecule is C1=CC(c2ccc(-c3ccccc3)cc2)CC(n2c3ccccc3c3cc(-c4ccc5c(c4)c4ccccc4n5-c4cc(C5=CCCC=C5)cc(-c5ccccc5)c4)ccc32)=C1. The van der Waals surface area contributed by atoms with Crippen LogP contribution in [0.3, 0.4) is 0 Å². The van der Waals surface area contributed by atoms with Crippen LogP contribution in [0.1, 0.15) is 36.3 Å². The number of hydrogen-bond acceptors (Lipinski definition) is 0. The van der Waals surface area contributed by atoms with Gasteiger partial charge in [-0.15, -0.1) is 0 Å². The molecular formula is C60H44N2. The molecule has 1 atom stereocenters. The fourth-order valence-corrected chi connectivity index (χ4v) is 10.0. The Morgan fingerprint density at radius 1 is 0.403 bits per heavy atom. The lowest BCUT2D eigenvalue weighted by Crippen LogP contribution is -2.06. The van der Waals surface area contributed by atoms with Gasteiger partial charge >= 0.3 is 0 Å². The number of allylic oxidation sites excluding steroid dienone is 8. The Bertz CT molecular complexity index is 3460. The molecule has 10 aromatic rings. The topological polar surface area (TPSA) is 9.86 Å². The molecule has 0 saturated heterocycles. The van der Waals surface area contributed by atoms with Gasteiger partial charge in [-0.3, -0.25) is 0 Å². The summed E-state index contributed by atoms with van der Waals surface area (Å²) in [6, 6.07) is 69.5. The summed E-state index contributed by atoms with van der Waals surface area (Å²) >= 11 is 0. The second-order valence-corrected chi connectivity index (χ2v) is 16.8. The van der Waals surface area contributed by atoms with Gasteiger partial charge in [-0.1, -0.05) is 164 Å². The number of rotatable bonds is 7. The van der Waals surface area contributed by atoms with Crippen LogP contribution in [0.2, 0.25) is 0 Å². The molecule has 0 amide bonds. The highest BCUT2D eigenvalue weighted by atomic mass is 15.0. The molecule has 8 aromatic carbocycles. The average molecular weight is 793 g/mol. The molecule has 0 radical (unpaired) electrons. The van der Waals surface area contributed by atoms with Gasteiger partial charge in [-0.2, -0.15) is 0 Å². The maximum atomic E-state index is 2.50. The van der Waals surface area contributed by atoms with Crippen molar-refractivity contribution in [2.45, 2.75) is 25.2 Å². The Kier molecular flexibility index (Phi) is 8.81. The summed E-state index contributed by atoms with van der Waals surface area (Å²) in [7, 11) is 0. The molecule has 2 aromatic heterocycles. The molecule has 0 aliphatic heterocycles. The molecule has 0 fully saturated rings. The molecule has 12 rings (SSSR count). The predicted molar refractivity (Wildman–Crippen MR) is 264 cm³/mol. The van der Waals surface area contributed by atoms with Crippen LogP contribution in [0.15, 0.2) is 225 Å². The van der Waals surface area contributed by atoms with Gasteiger partial charge in [0.15, 0.2) is 0 Å². The van der Waals surface area contributed by atoms with E-state index >= 15 is 0 Å². The molecule has 0 N–H and O–H groups in total. The van der Waals surface area contributed by atoms with Crippen LogP contribution in [-0.2, 0) is 0 Å². The highest BCUT2D eigenvalue weighted by Gasteiger charge is 2.21. The first kappa shape index (κ1) is 36.2. The molecule has 0 saturated carbocycles. The van der Waals surface area contributed by atoms with Crippen molar-refractivity contribution in [3.8, 4) is 39.1 Å². The lowest BCUT2D eigenvalue weighted by atomic mass is 9.89. The fourth-order valence-electron chi connectivity index (χ4n) is 10.0. The highest BCUT2D eigenvalue weighted by molar-refractivity contribution is 6.13. The highest BCUT2D eigenvalue weighted by Crippen LogP contribution is 2.41. The van der Waals surface area contributed by atoms with E-state index in [-0.39, 0.29) is 0 Å². The van der Waals surface area contributed by atoms with Gasteiger partial charge in [0.2, 0.25) is 0 Å². The summed E-state index contributed by atoms with van der Waals surface area (Å²) in [6.45, 7) is 0. The summed E-state index contributed by atoms with van der Waals surface area (Å²) in [4.78, 5) is 0. The molecule has 0 spiro atoms. The van der Waals surface area contributed by atoms with Crippen LogP contribution in [-0.4, -0.2) is 9.13 Å². The Labute approximate surface area is 362 Å². The van der Waals surface area contributed by atoms with Crippen molar-refractivity contribution in [3.05, 3.63) is 236 Å². The molecule has 62 heavy (non-hydrogen) atoms. The lowest BCUT2D eigenvalue weighted by Gasteiger charge is -2.21. The van der Waals surface area contributed by atoms with Crippen LogP contribution in [0, 0.1) is 0 Å². The van der Waals surface area contributed by atoms with Crippen LogP contribution in [0.5, 0.6) is 0 Å². The first-order valence-electron chi connectivity index (χ1n) is 21.9. The first-order chi connectivity index (χ1) is 30.7. The quantitative estimate of drug-likeness (QED) is 0.152. The zero-order valence-electron chi connectivity index (χ0n) is 34.5. The molecular weight excluding hydrogens is 749 g/mol. The summed E-state index contributed by atoms with van der Waals surface area (Å²) in [5.74, 6) is 0.303. The number of aromatic nitrogens is 2. The Morgan fingerprint density at radius 2 is 0.952 bits per heavy atom. The van der Waals surface area contributed by atoms with Crippen LogP contribution in [0.25, 0.3) is 93.9 Å². The van der Waals surface area contributed by atoms with E-state index in [0.717, 1.165) is 19.3 Å². The van der Waals surface area contributed by atoms with Gasteiger partial charge in [-0.25, -0.2) is 0 Å². The van der Waals surface area contributed by atoms with Gasteiger partial charge in [0.1, 0.15) is 0 Å². The van der Waals surface area contributed by atoms with Gasteiger partial charge in [0.25, 0.3) is 0 Å². The molecule has 2 nitrogen and oxygen atoms in total. The van der Waals surface area contributed by atoms with Gasteiger partial charge in [0.05, 0.1) is 22.1 Å². The van der Waals surface area contributed by atoms with Crippen molar-refractivity contribution in [1.29, 1.82) is 0 Å². The minimum atomic E-state index is 0.303. The maximum absolute atomic E-state index is 2.50. The van der Waals surface area contributed by atoms with Crippen molar-refractivity contribution in [2.75, 3.05) is 0 Å². The zero-order valence-corrected chi connectivity index (χ0v) is 34.5. The molecule has 294 valence electrons. The molecule has 1 unspecified atom stereocenters. The van der Waals surface area contributed by atoms with Crippen molar-refractivity contribution in [1.82, 2.24) is 9.13 Å². The standard InChI is InChI=1S/C60H44N2/c1-4-15-41(16-5-1)44-27-29-45(30-28-44)46-21-14-22-51(36-46)61-57-25-12-10-23-53(57)55-39-47(31-33-59(55)61)48-32-34-60-56(40-48)54-24-11-13-26-58(54)62(60)52-37-49(42-17-6-2-7-18-42)35-50(38-52)43-19-8-3-9-20-43/h1-2,4-8,10-35,37-40,46H,3,9,36H2. The molecule has 2 heterocycles. The largest absolute Gasteiger partial charge is 0.313 e. The van der Waals surface area contributed by atoms with Crippen LogP contribution in [0.4, 0.5) is 0 Å². The van der Waals surface area contributed by atoms with E-state index in [0.29, 0.717) is 5.92 Å². The van der Waals surface area contributed by atoms with Crippen molar-refractivity contribution in [3.63, 3.8) is 0 Å².